The fourth-order valence-electron chi connectivity index (χ4n) is 4.41. The maximum atomic E-state index is 13.2. The summed E-state index contributed by atoms with van der Waals surface area (Å²) in [4.78, 5) is 32.3. The number of carbonyl (C=O) groups excluding carboxylic acids is 2. The minimum Gasteiger partial charge on any atom is -0.497 e. The molecule has 4 rings (SSSR count). The highest BCUT2D eigenvalue weighted by Gasteiger charge is 2.36. The van der Waals surface area contributed by atoms with Crippen molar-refractivity contribution in [2.45, 2.75) is 12.5 Å². The zero-order valence-electron chi connectivity index (χ0n) is 18.9. The van der Waals surface area contributed by atoms with Crippen molar-refractivity contribution < 1.29 is 14.3 Å². The first kappa shape index (κ1) is 22.3. The number of likely N-dealkylation sites (N-methyl/N-ethyl adjacent to an activating group) is 1. The molecule has 2 fully saturated rings. The van der Waals surface area contributed by atoms with Gasteiger partial charge >= 0.3 is 0 Å². The van der Waals surface area contributed by atoms with Gasteiger partial charge in [0, 0.05) is 57.4 Å². The van der Waals surface area contributed by atoms with E-state index in [-0.39, 0.29) is 30.2 Å². The summed E-state index contributed by atoms with van der Waals surface area (Å²) in [6.07, 6.45) is 0.221. The van der Waals surface area contributed by atoms with Crippen LogP contribution in [0.2, 0.25) is 0 Å². The van der Waals surface area contributed by atoms with E-state index in [2.05, 4.69) is 34.3 Å². The Balaban J connectivity index is 1.44. The van der Waals surface area contributed by atoms with Gasteiger partial charge in [0.05, 0.1) is 19.1 Å². The van der Waals surface area contributed by atoms with Gasteiger partial charge in [0.1, 0.15) is 5.75 Å². The lowest BCUT2D eigenvalue weighted by Crippen LogP contribution is -2.48. The Hall–Kier alpha value is -2.90. The number of hydrogen-bond acceptors (Lipinski definition) is 5. The van der Waals surface area contributed by atoms with Gasteiger partial charge in [-0.15, -0.1) is 0 Å². The van der Waals surface area contributed by atoms with Crippen LogP contribution in [0.1, 0.15) is 18.0 Å². The second-order valence-electron chi connectivity index (χ2n) is 8.68. The van der Waals surface area contributed by atoms with E-state index in [0.29, 0.717) is 12.3 Å². The van der Waals surface area contributed by atoms with Crippen molar-refractivity contribution >= 4 is 17.5 Å². The molecule has 0 radical (unpaired) electrons. The number of amides is 2. The second-order valence-corrected chi connectivity index (χ2v) is 8.68. The number of benzene rings is 2. The molecular weight excluding hydrogens is 404 g/mol. The molecule has 32 heavy (non-hydrogen) atoms. The summed E-state index contributed by atoms with van der Waals surface area (Å²) >= 11 is 0. The largest absolute Gasteiger partial charge is 0.497 e. The normalized spacial score (nSPS) is 20.9. The van der Waals surface area contributed by atoms with E-state index >= 15 is 0 Å². The molecule has 2 aromatic rings. The van der Waals surface area contributed by atoms with Crippen molar-refractivity contribution in [1.29, 1.82) is 0 Å². The second kappa shape index (κ2) is 10.1. The van der Waals surface area contributed by atoms with Crippen LogP contribution in [-0.4, -0.2) is 75.0 Å². The van der Waals surface area contributed by atoms with Gasteiger partial charge in [-0.1, -0.05) is 36.4 Å². The predicted octanol–water partition coefficient (Wildman–Crippen LogP) is 2.15. The number of methoxy groups -OCH3 is 1. The van der Waals surface area contributed by atoms with E-state index in [1.165, 1.54) is 0 Å². The molecule has 2 heterocycles. The van der Waals surface area contributed by atoms with Gasteiger partial charge in [-0.2, -0.15) is 0 Å². The average molecular weight is 437 g/mol. The maximum Gasteiger partial charge on any atom is 0.227 e. The molecule has 0 spiro atoms. The lowest BCUT2D eigenvalue weighted by atomic mass is 10.0. The third-order valence-electron chi connectivity index (χ3n) is 6.42. The average Bonchev–Trinajstić information content (AvgIpc) is 3.22. The summed E-state index contributed by atoms with van der Waals surface area (Å²) in [5, 5.41) is 3.25. The Labute approximate surface area is 189 Å². The Morgan fingerprint density at radius 1 is 1.09 bits per heavy atom. The lowest BCUT2D eigenvalue weighted by Gasteiger charge is -2.35. The van der Waals surface area contributed by atoms with Crippen LogP contribution in [0.3, 0.4) is 0 Å². The number of nitrogens with zero attached hydrogens (tertiary/aromatic N) is 3. The van der Waals surface area contributed by atoms with E-state index in [1.54, 1.807) is 12.0 Å². The zero-order valence-corrected chi connectivity index (χ0v) is 18.9. The van der Waals surface area contributed by atoms with E-state index in [1.807, 2.05) is 42.5 Å². The first-order valence-corrected chi connectivity index (χ1v) is 11.2. The summed E-state index contributed by atoms with van der Waals surface area (Å²) in [6, 6.07) is 17.4. The first-order chi connectivity index (χ1) is 15.5. The fraction of sp³-hybridized carbons (Fsp3) is 0.440. The van der Waals surface area contributed by atoms with Crippen LogP contribution < -0.4 is 15.0 Å². The van der Waals surface area contributed by atoms with Crippen LogP contribution >= 0.6 is 0 Å². The molecule has 7 nitrogen and oxygen atoms in total. The molecule has 0 bridgehead atoms. The molecule has 1 N–H and O–H groups in total. The molecule has 2 aromatic carbocycles. The highest BCUT2D eigenvalue weighted by Crippen LogP contribution is 2.28. The summed E-state index contributed by atoms with van der Waals surface area (Å²) in [6.45, 7) is 5.18. The van der Waals surface area contributed by atoms with Gasteiger partial charge in [-0.3, -0.25) is 14.5 Å². The number of nitrogens with one attached hydrogen (secondary N) is 1. The Bertz CT molecular complexity index is 928. The third-order valence-corrected chi connectivity index (χ3v) is 6.42. The summed E-state index contributed by atoms with van der Waals surface area (Å²) in [7, 11) is 3.74. The van der Waals surface area contributed by atoms with E-state index < -0.39 is 0 Å². The number of hydrogen-bond donors (Lipinski definition) is 1. The molecule has 2 saturated heterocycles. The van der Waals surface area contributed by atoms with Crippen molar-refractivity contribution in [2.75, 3.05) is 58.3 Å². The molecule has 0 aliphatic carbocycles. The smallest absolute Gasteiger partial charge is 0.227 e. The van der Waals surface area contributed by atoms with Gasteiger partial charge < -0.3 is 19.9 Å². The number of rotatable bonds is 7. The number of ether oxygens (including phenoxy) is 1. The minimum absolute atomic E-state index is 0.0336. The Kier molecular flexibility index (Phi) is 7.07. The summed E-state index contributed by atoms with van der Waals surface area (Å²) in [5.74, 6) is 0.229. The van der Waals surface area contributed by atoms with Crippen LogP contribution in [0.25, 0.3) is 0 Å². The van der Waals surface area contributed by atoms with Crippen molar-refractivity contribution in [3.63, 3.8) is 0 Å². The molecule has 2 amide bonds. The zero-order chi connectivity index (χ0) is 22.5. The van der Waals surface area contributed by atoms with Crippen molar-refractivity contribution in [2.24, 2.45) is 5.92 Å². The third kappa shape index (κ3) is 5.29. The molecule has 0 saturated carbocycles. The molecule has 2 atom stereocenters. The highest BCUT2D eigenvalue weighted by atomic mass is 16.5. The predicted molar refractivity (Wildman–Crippen MR) is 125 cm³/mol. The van der Waals surface area contributed by atoms with E-state index in [0.717, 1.165) is 44.0 Å². The quantitative estimate of drug-likeness (QED) is 0.721. The van der Waals surface area contributed by atoms with Crippen LogP contribution in [0.4, 0.5) is 5.69 Å². The molecule has 170 valence electrons. The standard InChI is InChI=1S/C25H32N4O3/c1-27-11-13-28(14-12-27)18-23(19-7-4-3-5-8-19)26-25(31)20-15-24(30)29(17-20)21-9-6-10-22(16-21)32-2/h3-10,16,20,23H,11-15,17-18H2,1-2H3,(H,26,31). The summed E-state index contributed by atoms with van der Waals surface area (Å²) < 4.78 is 5.28. The van der Waals surface area contributed by atoms with Crippen molar-refractivity contribution in [3.8, 4) is 5.75 Å². The van der Waals surface area contributed by atoms with Crippen LogP contribution in [0, 0.1) is 5.92 Å². The number of carbonyl (C=O) groups is 2. The highest BCUT2D eigenvalue weighted by molar-refractivity contribution is 6.00. The SMILES string of the molecule is COc1cccc(N2CC(C(=O)NC(CN3CCN(C)CC3)c3ccccc3)CC2=O)c1. The van der Waals surface area contributed by atoms with Gasteiger partial charge in [0.15, 0.2) is 0 Å². The van der Waals surface area contributed by atoms with E-state index in [4.69, 9.17) is 4.74 Å². The summed E-state index contributed by atoms with van der Waals surface area (Å²) in [5.41, 5.74) is 1.86. The number of piperazine rings is 1. The topological polar surface area (TPSA) is 65.1 Å². The first-order valence-electron chi connectivity index (χ1n) is 11.2. The van der Waals surface area contributed by atoms with Gasteiger partial charge in [0.25, 0.3) is 0 Å². The molecular formula is C25H32N4O3. The minimum atomic E-state index is -0.368. The van der Waals surface area contributed by atoms with Crippen LogP contribution in [0.15, 0.2) is 54.6 Å². The van der Waals surface area contributed by atoms with Gasteiger partial charge in [0.2, 0.25) is 11.8 Å². The maximum absolute atomic E-state index is 13.2. The van der Waals surface area contributed by atoms with Crippen LogP contribution in [0.5, 0.6) is 5.75 Å². The van der Waals surface area contributed by atoms with Crippen molar-refractivity contribution in [3.05, 3.63) is 60.2 Å². The molecule has 7 heteroatoms. The number of anilines is 1. The molecule has 0 aromatic heterocycles. The van der Waals surface area contributed by atoms with Crippen LogP contribution in [-0.2, 0) is 9.59 Å². The molecule has 2 aliphatic rings. The molecule has 2 aliphatic heterocycles. The Morgan fingerprint density at radius 3 is 2.56 bits per heavy atom. The van der Waals surface area contributed by atoms with Crippen molar-refractivity contribution in [1.82, 2.24) is 15.1 Å². The monoisotopic (exact) mass is 436 g/mol. The Morgan fingerprint density at radius 2 is 1.84 bits per heavy atom. The fourth-order valence-corrected chi connectivity index (χ4v) is 4.41. The van der Waals surface area contributed by atoms with Gasteiger partial charge in [-0.25, -0.2) is 0 Å². The lowest BCUT2D eigenvalue weighted by molar-refractivity contribution is -0.127. The van der Waals surface area contributed by atoms with Gasteiger partial charge in [-0.05, 0) is 24.7 Å². The molecule has 2 unspecified atom stereocenters. The van der Waals surface area contributed by atoms with E-state index in [9.17, 15) is 9.59 Å².